The summed E-state index contributed by atoms with van der Waals surface area (Å²) < 4.78 is 5.01. The quantitative estimate of drug-likeness (QED) is 0.561. The SMILES string of the molecule is CCC(CC)N(C)c1nc(NN)nc(OC)n1. The maximum atomic E-state index is 5.31. The molecule has 0 fully saturated rings. The summed E-state index contributed by atoms with van der Waals surface area (Å²) in [5.41, 5.74) is 2.40. The monoisotopic (exact) mass is 240 g/mol. The predicted molar refractivity (Wildman–Crippen MR) is 67.0 cm³/mol. The predicted octanol–water partition coefficient (Wildman–Crippen LogP) is 0.791. The molecule has 0 atom stereocenters. The fourth-order valence-corrected chi connectivity index (χ4v) is 1.66. The van der Waals surface area contributed by atoms with Crippen molar-refractivity contribution in [2.75, 3.05) is 24.5 Å². The molecule has 0 aliphatic rings. The molecular weight excluding hydrogens is 220 g/mol. The van der Waals surface area contributed by atoms with Crippen LogP contribution in [0.25, 0.3) is 0 Å². The van der Waals surface area contributed by atoms with E-state index in [1.54, 1.807) is 0 Å². The van der Waals surface area contributed by atoms with Crippen LogP contribution in [0.1, 0.15) is 26.7 Å². The lowest BCUT2D eigenvalue weighted by atomic mass is 10.1. The average Bonchev–Trinajstić information content (AvgIpc) is 2.39. The van der Waals surface area contributed by atoms with Crippen molar-refractivity contribution < 1.29 is 4.74 Å². The Labute approximate surface area is 101 Å². The van der Waals surface area contributed by atoms with Crippen LogP contribution in [0.4, 0.5) is 11.9 Å². The molecule has 0 aliphatic carbocycles. The Morgan fingerprint density at radius 3 is 2.41 bits per heavy atom. The second kappa shape index (κ2) is 6.19. The van der Waals surface area contributed by atoms with E-state index in [1.165, 1.54) is 7.11 Å². The van der Waals surface area contributed by atoms with Crippen molar-refractivity contribution in [3.63, 3.8) is 0 Å². The van der Waals surface area contributed by atoms with Gasteiger partial charge in [0.05, 0.1) is 7.11 Å². The van der Waals surface area contributed by atoms with Crippen molar-refractivity contribution in [2.45, 2.75) is 32.7 Å². The molecule has 0 radical (unpaired) electrons. The Morgan fingerprint density at radius 1 is 1.29 bits per heavy atom. The van der Waals surface area contributed by atoms with Gasteiger partial charge in [-0.3, -0.25) is 5.43 Å². The Balaban J connectivity index is 3.02. The Bertz CT molecular complexity index is 332. The second-order valence-corrected chi connectivity index (χ2v) is 3.67. The van der Waals surface area contributed by atoms with Gasteiger partial charge in [-0.15, -0.1) is 0 Å². The molecule has 0 saturated carbocycles. The van der Waals surface area contributed by atoms with Crippen LogP contribution < -0.4 is 20.9 Å². The Kier molecular flexibility index (Phi) is 4.89. The fraction of sp³-hybridized carbons (Fsp3) is 0.700. The van der Waals surface area contributed by atoms with E-state index in [0.29, 0.717) is 17.9 Å². The largest absolute Gasteiger partial charge is 0.467 e. The zero-order chi connectivity index (χ0) is 12.8. The minimum atomic E-state index is 0.251. The molecule has 1 aromatic rings. The molecule has 0 unspecified atom stereocenters. The van der Waals surface area contributed by atoms with E-state index in [1.807, 2.05) is 11.9 Å². The maximum absolute atomic E-state index is 5.31. The van der Waals surface area contributed by atoms with E-state index < -0.39 is 0 Å². The molecule has 0 spiro atoms. The molecule has 0 saturated heterocycles. The lowest BCUT2D eigenvalue weighted by molar-refractivity contribution is 0.378. The Hall–Kier alpha value is -1.63. The summed E-state index contributed by atoms with van der Waals surface area (Å²) in [4.78, 5) is 14.4. The minimum absolute atomic E-state index is 0.251. The van der Waals surface area contributed by atoms with Crippen LogP contribution in [-0.2, 0) is 0 Å². The van der Waals surface area contributed by atoms with Crippen LogP contribution in [-0.4, -0.2) is 35.2 Å². The number of anilines is 2. The Morgan fingerprint density at radius 2 is 1.94 bits per heavy atom. The number of hydrazine groups is 1. The van der Waals surface area contributed by atoms with Gasteiger partial charge >= 0.3 is 6.01 Å². The zero-order valence-electron chi connectivity index (χ0n) is 10.8. The van der Waals surface area contributed by atoms with Crippen molar-refractivity contribution in [3.05, 3.63) is 0 Å². The molecule has 0 bridgehead atoms. The summed E-state index contributed by atoms with van der Waals surface area (Å²) in [5.74, 6) is 6.16. The minimum Gasteiger partial charge on any atom is -0.467 e. The highest BCUT2D eigenvalue weighted by Gasteiger charge is 2.16. The molecule has 0 aliphatic heterocycles. The van der Waals surface area contributed by atoms with Gasteiger partial charge in [-0.25, -0.2) is 5.84 Å². The molecule has 1 heterocycles. The fourth-order valence-electron chi connectivity index (χ4n) is 1.66. The first-order valence-corrected chi connectivity index (χ1v) is 5.65. The van der Waals surface area contributed by atoms with Gasteiger partial charge in [0.1, 0.15) is 0 Å². The summed E-state index contributed by atoms with van der Waals surface area (Å²) in [6.45, 7) is 4.26. The molecule has 0 amide bonds. The van der Waals surface area contributed by atoms with E-state index in [4.69, 9.17) is 10.6 Å². The van der Waals surface area contributed by atoms with Crippen molar-refractivity contribution in [1.29, 1.82) is 0 Å². The molecule has 96 valence electrons. The normalized spacial score (nSPS) is 10.5. The molecule has 7 nitrogen and oxygen atoms in total. The van der Waals surface area contributed by atoms with Gasteiger partial charge in [0.25, 0.3) is 0 Å². The molecule has 0 aromatic carbocycles. The smallest absolute Gasteiger partial charge is 0.322 e. The summed E-state index contributed by atoms with van der Waals surface area (Å²) in [6, 6.07) is 0.633. The first-order valence-electron chi connectivity index (χ1n) is 5.65. The summed E-state index contributed by atoms with van der Waals surface area (Å²) in [5, 5.41) is 0. The van der Waals surface area contributed by atoms with Crippen LogP contribution in [0.5, 0.6) is 6.01 Å². The standard InChI is InChI=1S/C10H20N6O/c1-5-7(6-2)16(3)9-12-8(15-11)13-10(14-9)17-4/h7H,5-6,11H2,1-4H3,(H,12,13,14,15). The van der Waals surface area contributed by atoms with Crippen LogP contribution in [0.3, 0.4) is 0 Å². The van der Waals surface area contributed by atoms with Gasteiger partial charge in [-0.05, 0) is 12.8 Å². The number of nitrogens with two attached hydrogens (primary N) is 1. The highest BCUT2D eigenvalue weighted by atomic mass is 16.5. The van der Waals surface area contributed by atoms with Crippen molar-refractivity contribution in [3.8, 4) is 6.01 Å². The van der Waals surface area contributed by atoms with Crippen molar-refractivity contribution >= 4 is 11.9 Å². The van der Waals surface area contributed by atoms with E-state index >= 15 is 0 Å². The number of ether oxygens (including phenoxy) is 1. The third-order valence-electron chi connectivity index (χ3n) is 2.72. The second-order valence-electron chi connectivity index (χ2n) is 3.67. The zero-order valence-corrected chi connectivity index (χ0v) is 10.8. The number of nitrogens with one attached hydrogen (secondary N) is 1. The van der Waals surface area contributed by atoms with Crippen LogP contribution in [0.2, 0.25) is 0 Å². The first kappa shape index (κ1) is 13.4. The van der Waals surface area contributed by atoms with Crippen LogP contribution >= 0.6 is 0 Å². The van der Waals surface area contributed by atoms with E-state index in [-0.39, 0.29) is 6.01 Å². The highest BCUT2D eigenvalue weighted by molar-refractivity contribution is 5.37. The lowest BCUT2D eigenvalue weighted by Crippen LogP contribution is -2.32. The van der Waals surface area contributed by atoms with Crippen molar-refractivity contribution in [2.24, 2.45) is 5.84 Å². The number of rotatable bonds is 6. The maximum Gasteiger partial charge on any atom is 0.322 e. The van der Waals surface area contributed by atoms with Gasteiger partial charge in [0, 0.05) is 13.1 Å². The van der Waals surface area contributed by atoms with Gasteiger partial charge < -0.3 is 9.64 Å². The van der Waals surface area contributed by atoms with E-state index in [9.17, 15) is 0 Å². The van der Waals surface area contributed by atoms with E-state index in [2.05, 4.69) is 34.2 Å². The van der Waals surface area contributed by atoms with E-state index in [0.717, 1.165) is 12.8 Å². The lowest BCUT2D eigenvalue weighted by Gasteiger charge is -2.26. The molecule has 3 N–H and O–H groups in total. The molecule has 17 heavy (non-hydrogen) atoms. The molecule has 7 heteroatoms. The number of nitrogen functional groups attached to an aromatic ring is 1. The van der Waals surface area contributed by atoms with Crippen molar-refractivity contribution in [1.82, 2.24) is 15.0 Å². The molecule has 1 aromatic heterocycles. The number of methoxy groups -OCH3 is 1. The summed E-state index contributed by atoms with van der Waals surface area (Å²) in [6.07, 6.45) is 2.04. The summed E-state index contributed by atoms with van der Waals surface area (Å²) in [7, 11) is 3.46. The molecule has 1 rings (SSSR count). The van der Waals surface area contributed by atoms with Crippen LogP contribution in [0, 0.1) is 0 Å². The number of nitrogens with zero attached hydrogens (tertiary/aromatic N) is 4. The highest BCUT2D eigenvalue weighted by Crippen LogP contribution is 2.17. The van der Waals surface area contributed by atoms with Gasteiger partial charge in [-0.2, -0.15) is 15.0 Å². The first-order chi connectivity index (χ1) is 8.15. The van der Waals surface area contributed by atoms with Gasteiger partial charge in [-0.1, -0.05) is 13.8 Å². The van der Waals surface area contributed by atoms with Gasteiger partial charge in [0.2, 0.25) is 11.9 Å². The average molecular weight is 240 g/mol. The topological polar surface area (TPSA) is 89.2 Å². The number of hydrogen-bond acceptors (Lipinski definition) is 7. The van der Waals surface area contributed by atoms with Crippen LogP contribution in [0.15, 0.2) is 0 Å². The van der Waals surface area contributed by atoms with Gasteiger partial charge in [0.15, 0.2) is 0 Å². The summed E-state index contributed by atoms with van der Waals surface area (Å²) >= 11 is 0. The number of aromatic nitrogens is 3. The third-order valence-corrected chi connectivity index (χ3v) is 2.72. The molecular formula is C10H20N6O. The number of hydrogen-bond donors (Lipinski definition) is 2. The third kappa shape index (κ3) is 3.16.